The minimum absolute atomic E-state index is 0.576. The van der Waals surface area contributed by atoms with E-state index in [0.717, 1.165) is 77.6 Å². The van der Waals surface area contributed by atoms with Crippen molar-refractivity contribution in [2.24, 2.45) is 0 Å². The van der Waals surface area contributed by atoms with Crippen molar-refractivity contribution >= 4 is 92.4 Å². The van der Waals surface area contributed by atoms with E-state index in [9.17, 15) is 0 Å². The van der Waals surface area contributed by atoms with Crippen LogP contribution in [0.3, 0.4) is 0 Å². The molecule has 1 aliphatic carbocycles. The second-order valence-corrected chi connectivity index (χ2v) is 21.3. The third kappa shape index (κ3) is 6.56. The second-order valence-electron chi connectivity index (χ2n) is 20.2. The third-order valence-corrected chi connectivity index (χ3v) is 17.4. The summed E-state index contributed by atoms with van der Waals surface area (Å²) in [5.41, 5.74) is 19.9. The smallest absolute Gasteiger partial charge is 0.159 e. The zero-order valence-corrected chi connectivity index (χ0v) is 42.5. The van der Waals surface area contributed by atoms with Gasteiger partial charge in [0.25, 0.3) is 0 Å². The third-order valence-electron chi connectivity index (χ3n) is 16.2. The highest BCUT2D eigenvalue weighted by atomic mass is 32.1. The Labute approximate surface area is 448 Å². The van der Waals surface area contributed by atoms with Crippen LogP contribution in [0.4, 0.5) is 17.1 Å². The summed E-state index contributed by atoms with van der Waals surface area (Å²) in [6, 6.07) is 99.2. The zero-order valence-electron chi connectivity index (χ0n) is 41.7. The maximum atomic E-state index is 7.60. The molecule has 0 aliphatic heterocycles. The highest BCUT2D eigenvalue weighted by molar-refractivity contribution is 7.26. The molecule has 12 aromatic carbocycles. The van der Waals surface area contributed by atoms with Crippen LogP contribution in [0.25, 0.3) is 109 Å². The lowest BCUT2D eigenvalue weighted by molar-refractivity contribution is 0.664. The lowest BCUT2D eigenvalue weighted by Gasteiger charge is -2.34. The average Bonchev–Trinajstić information content (AvgIpc) is 4.28. The Morgan fingerprint density at radius 2 is 0.909 bits per heavy atom. The van der Waals surface area contributed by atoms with Gasteiger partial charge in [0.05, 0.1) is 11.1 Å². The molecule has 15 aromatic rings. The maximum Gasteiger partial charge on any atom is 0.159 e. The van der Waals surface area contributed by atoms with Gasteiger partial charge in [0.2, 0.25) is 0 Å². The molecule has 0 bridgehead atoms. The lowest BCUT2D eigenvalue weighted by Crippen LogP contribution is -2.28. The normalized spacial score (nSPS) is 12.8. The van der Waals surface area contributed by atoms with Gasteiger partial charge >= 0.3 is 0 Å². The van der Waals surface area contributed by atoms with Crippen LogP contribution in [0, 0.1) is 0 Å². The summed E-state index contributed by atoms with van der Waals surface area (Å²) in [5, 5.41) is 6.68. The molecule has 0 fully saturated rings. The van der Waals surface area contributed by atoms with E-state index in [1.807, 2.05) is 11.3 Å². The molecule has 0 amide bonds. The lowest BCUT2D eigenvalue weighted by atomic mass is 9.67. The number of para-hydroxylation sites is 2. The molecule has 77 heavy (non-hydrogen) atoms. The van der Waals surface area contributed by atoms with E-state index in [-0.39, 0.29) is 0 Å². The molecule has 0 spiro atoms. The summed E-state index contributed by atoms with van der Waals surface area (Å²) in [6.45, 7) is 0. The van der Waals surface area contributed by atoms with Crippen LogP contribution in [0.15, 0.2) is 282 Å². The van der Waals surface area contributed by atoms with Gasteiger partial charge < -0.3 is 13.7 Å². The summed E-state index contributed by atoms with van der Waals surface area (Å²) < 4.78 is 17.1. The molecule has 0 N–H and O–H groups in total. The first-order chi connectivity index (χ1) is 38.2. The molecular weight excluding hydrogens is 955 g/mol. The second kappa shape index (κ2) is 17.2. The molecule has 0 atom stereocenters. The van der Waals surface area contributed by atoms with E-state index < -0.39 is 5.41 Å². The van der Waals surface area contributed by atoms with Gasteiger partial charge in [0.15, 0.2) is 5.58 Å². The molecule has 0 saturated heterocycles. The van der Waals surface area contributed by atoms with Crippen LogP contribution in [0.1, 0.15) is 22.3 Å². The fourth-order valence-electron chi connectivity index (χ4n) is 12.8. The van der Waals surface area contributed by atoms with Crippen LogP contribution in [-0.2, 0) is 5.41 Å². The van der Waals surface area contributed by atoms with Crippen LogP contribution < -0.4 is 4.90 Å². The minimum atomic E-state index is -0.576. The van der Waals surface area contributed by atoms with Crippen molar-refractivity contribution in [1.29, 1.82) is 0 Å². The number of fused-ring (bicyclic) bond motifs is 12. The van der Waals surface area contributed by atoms with Crippen LogP contribution >= 0.6 is 11.3 Å². The van der Waals surface area contributed by atoms with E-state index >= 15 is 0 Å². The average molecular weight is 1000 g/mol. The fourth-order valence-corrected chi connectivity index (χ4v) is 14.0. The Bertz CT molecular complexity index is 4740. The summed E-state index contributed by atoms with van der Waals surface area (Å²) in [6.07, 6.45) is 0. The van der Waals surface area contributed by atoms with Crippen molar-refractivity contribution in [2.75, 3.05) is 4.90 Å². The SMILES string of the molecule is c1ccc(-c2ccc(N(c3ccc(-c4cccc5c4sc4ccccc45)cc3)c3cccc4c3oc3c(-c5ccc6c(c5)C(c5ccccc5)(c5ccccc5)c5ccccc5-6)c5c(cc34)oc3ccccc35)cc2)cc1. The first-order valence-corrected chi connectivity index (χ1v) is 27.1. The quantitative estimate of drug-likeness (QED) is 0.152. The summed E-state index contributed by atoms with van der Waals surface area (Å²) in [7, 11) is 0. The van der Waals surface area contributed by atoms with Gasteiger partial charge in [-0.15, -0.1) is 11.3 Å². The predicted octanol–water partition coefficient (Wildman–Crippen LogP) is 20.7. The van der Waals surface area contributed by atoms with Crippen LogP contribution in [0.2, 0.25) is 0 Å². The van der Waals surface area contributed by atoms with Crippen molar-refractivity contribution in [2.45, 2.75) is 5.41 Å². The Morgan fingerprint density at radius 1 is 0.338 bits per heavy atom. The number of furan rings is 2. The van der Waals surface area contributed by atoms with E-state index in [2.05, 4.69) is 278 Å². The van der Waals surface area contributed by atoms with Gasteiger partial charge in [-0.25, -0.2) is 0 Å². The van der Waals surface area contributed by atoms with Gasteiger partial charge in [0, 0.05) is 58.7 Å². The van der Waals surface area contributed by atoms with Crippen molar-refractivity contribution in [3.8, 4) is 44.5 Å². The van der Waals surface area contributed by atoms with Crippen molar-refractivity contribution < 1.29 is 8.83 Å². The largest absolute Gasteiger partial charge is 0.456 e. The molecular formula is C73H45NO2S. The predicted molar refractivity (Wildman–Crippen MR) is 322 cm³/mol. The van der Waals surface area contributed by atoms with E-state index in [1.165, 1.54) is 70.2 Å². The molecule has 0 saturated carbocycles. The standard InChI is InChI=1S/C73H45NO2S/c1-4-18-46(19-5-1)47-34-39-52(40-35-47)74(53-41-36-48(37-42-53)54-27-16-29-59-57-25-12-15-33-67(57)77-72(54)59)64-31-17-28-58-61-45-66-69(60-26-11-14-32-65(60)75-66)68(71(61)76-70(58)64)49-38-43-56-55-24-10-13-30-62(55)73(63(56)44-49,50-20-6-2-7-21-50)51-22-8-3-9-23-51/h1-45H. The van der Waals surface area contributed by atoms with Crippen molar-refractivity contribution in [3.05, 3.63) is 295 Å². The molecule has 360 valence electrons. The Morgan fingerprint density at radius 3 is 1.68 bits per heavy atom. The number of benzene rings is 12. The summed E-state index contributed by atoms with van der Waals surface area (Å²) in [4.78, 5) is 2.35. The fraction of sp³-hybridized carbons (Fsp3) is 0.0137. The van der Waals surface area contributed by atoms with E-state index in [0.29, 0.717) is 0 Å². The molecule has 1 aliphatic rings. The number of hydrogen-bond acceptors (Lipinski definition) is 4. The molecule has 3 nitrogen and oxygen atoms in total. The Kier molecular flexibility index (Phi) is 9.72. The highest BCUT2D eigenvalue weighted by Gasteiger charge is 2.46. The topological polar surface area (TPSA) is 29.5 Å². The first-order valence-electron chi connectivity index (χ1n) is 26.3. The van der Waals surface area contributed by atoms with Crippen molar-refractivity contribution in [1.82, 2.24) is 0 Å². The Balaban J connectivity index is 0.929. The van der Waals surface area contributed by atoms with E-state index in [1.54, 1.807) is 0 Å². The highest BCUT2D eigenvalue weighted by Crippen LogP contribution is 2.58. The van der Waals surface area contributed by atoms with Crippen LogP contribution in [0.5, 0.6) is 0 Å². The summed E-state index contributed by atoms with van der Waals surface area (Å²) >= 11 is 1.86. The van der Waals surface area contributed by atoms with Gasteiger partial charge in [-0.2, -0.15) is 0 Å². The van der Waals surface area contributed by atoms with Gasteiger partial charge in [-0.05, 0) is 116 Å². The van der Waals surface area contributed by atoms with Crippen LogP contribution in [-0.4, -0.2) is 0 Å². The number of thiophene rings is 1. The molecule has 0 radical (unpaired) electrons. The monoisotopic (exact) mass is 999 g/mol. The number of rotatable bonds is 8. The van der Waals surface area contributed by atoms with Gasteiger partial charge in [-0.1, -0.05) is 218 Å². The first kappa shape index (κ1) is 43.6. The molecule has 4 heteroatoms. The molecule has 16 rings (SSSR count). The molecule has 3 aromatic heterocycles. The maximum absolute atomic E-state index is 7.60. The van der Waals surface area contributed by atoms with Crippen molar-refractivity contribution in [3.63, 3.8) is 0 Å². The Hall–Kier alpha value is -9.74. The number of anilines is 3. The van der Waals surface area contributed by atoms with Gasteiger partial charge in [-0.3, -0.25) is 0 Å². The van der Waals surface area contributed by atoms with Gasteiger partial charge in [0.1, 0.15) is 16.7 Å². The molecule has 3 heterocycles. The molecule has 0 unspecified atom stereocenters. The number of hydrogen-bond donors (Lipinski definition) is 0. The minimum Gasteiger partial charge on any atom is -0.456 e. The zero-order chi connectivity index (χ0) is 50.6. The number of nitrogens with zero attached hydrogens (tertiary/aromatic N) is 1. The van der Waals surface area contributed by atoms with E-state index in [4.69, 9.17) is 8.83 Å². The summed E-state index contributed by atoms with van der Waals surface area (Å²) in [5.74, 6) is 0.